The first-order valence-electron chi connectivity index (χ1n) is 11.2. The van der Waals surface area contributed by atoms with Crippen LogP contribution in [0.4, 0.5) is 5.69 Å². The number of phenolic OH excluding ortho intramolecular Hbond substituents is 1. The maximum atomic E-state index is 12.8. The normalized spacial score (nSPS) is 12.9. The number of Topliss-reactive ketones (excluding diaryl/α,β-unsaturated/α-hetero) is 1. The Hall–Kier alpha value is -3.56. The molecule has 1 heterocycles. The Morgan fingerprint density at radius 2 is 1.86 bits per heavy atom. The summed E-state index contributed by atoms with van der Waals surface area (Å²) in [5.41, 5.74) is 3.10. The summed E-state index contributed by atoms with van der Waals surface area (Å²) in [5.74, 6) is 0.158. The average molecular weight is 541 g/mol. The number of phenols is 1. The zero-order valence-corrected chi connectivity index (χ0v) is 22.1. The van der Waals surface area contributed by atoms with Gasteiger partial charge in [-0.05, 0) is 61.1 Å². The number of aromatic hydroxyl groups is 1. The van der Waals surface area contributed by atoms with Gasteiger partial charge in [-0.25, -0.2) is 0 Å². The molecule has 0 saturated carbocycles. The molecular formula is C26H25N2O7PS. The highest BCUT2D eigenvalue weighted by molar-refractivity contribution is 7.80. The minimum atomic E-state index is -3.58. The molecule has 9 nitrogen and oxygen atoms in total. The van der Waals surface area contributed by atoms with E-state index in [1.54, 1.807) is 42.3 Å². The van der Waals surface area contributed by atoms with E-state index in [2.05, 4.69) is 5.32 Å². The fourth-order valence-electron chi connectivity index (χ4n) is 3.95. The van der Waals surface area contributed by atoms with Crippen LogP contribution in [-0.4, -0.2) is 52.7 Å². The monoisotopic (exact) mass is 540 g/mol. The zero-order chi connectivity index (χ0) is 26.9. The van der Waals surface area contributed by atoms with Gasteiger partial charge in [0.05, 0.1) is 6.61 Å². The standard InChI is InChI=1S/C26H25N2O7PS/c1-15(29)22-12-16(27-26(37)28(2)10-11-34-36(3,32)33)4-7-19(22)25-20-8-5-17(30)13-23(20)35-24-14-18(31)6-9-21(24)25/h4-9,12-14,30H,10-11H2,1-3H3,(H,27,37)(H,32,33). The molecule has 0 radical (unpaired) electrons. The number of rotatable bonds is 7. The molecule has 0 saturated heterocycles. The minimum Gasteiger partial charge on any atom is -0.508 e. The van der Waals surface area contributed by atoms with Gasteiger partial charge < -0.3 is 29.2 Å². The molecule has 0 bridgehead atoms. The number of benzene rings is 3. The van der Waals surface area contributed by atoms with Crippen molar-refractivity contribution in [3.63, 3.8) is 0 Å². The lowest BCUT2D eigenvalue weighted by Crippen LogP contribution is -2.33. The molecule has 3 N–H and O–H groups in total. The number of nitrogens with one attached hydrogen (secondary N) is 1. The van der Waals surface area contributed by atoms with Crippen molar-refractivity contribution in [2.45, 2.75) is 6.92 Å². The molecule has 1 aliphatic heterocycles. The third kappa shape index (κ3) is 6.06. The number of fused-ring (bicyclic) bond motifs is 2. The number of hydrogen-bond acceptors (Lipinski definition) is 7. The number of anilines is 1. The summed E-state index contributed by atoms with van der Waals surface area (Å²) in [4.78, 5) is 35.7. The van der Waals surface area contributed by atoms with E-state index in [1.807, 2.05) is 0 Å². The van der Waals surface area contributed by atoms with Crippen LogP contribution in [0, 0.1) is 0 Å². The summed E-state index contributed by atoms with van der Waals surface area (Å²) < 4.78 is 22.1. The third-order valence-corrected chi connectivity index (χ3v) is 6.78. The van der Waals surface area contributed by atoms with Crippen LogP contribution in [0.15, 0.2) is 63.8 Å². The second-order valence-electron chi connectivity index (χ2n) is 8.62. The SMILES string of the molecule is CC(=O)c1cc(NC(=S)N(C)CCOP(C)(=O)O)ccc1-c1c2ccc(=O)cc-2oc2cc(O)ccc12. The van der Waals surface area contributed by atoms with Gasteiger partial charge in [0.25, 0.3) is 0 Å². The number of ketones is 1. The first-order chi connectivity index (χ1) is 17.4. The third-order valence-electron chi connectivity index (χ3n) is 5.70. The molecule has 2 aromatic rings. The predicted octanol–water partition coefficient (Wildman–Crippen LogP) is 4.93. The number of carbonyl (C=O) groups excluding carboxylic acids is 1. The van der Waals surface area contributed by atoms with Crippen molar-refractivity contribution in [1.82, 2.24) is 4.90 Å². The van der Waals surface area contributed by atoms with Gasteiger partial charge in [-0.1, -0.05) is 6.07 Å². The Kier molecular flexibility index (Phi) is 7.47. The zero-order valence-electron chi connectivity index (χ0n) is 20.3. The van der Waals surface area contributed by atoms with Gasteiger partial charge in [0.15, 0.2) is 16.3 Å². The van der Waals surface area contributed by atoms with Crippen LogP contribution in [-0.2, 0) is 9.09 Å². The van der Waals surface area contributed by atoms with Gasteiger partial charge in [0, 0.05) is 60.2 Å². The highest BCUT2D eigenvalue weighted by Gasteiger charge is 2.21. The predicted molar refractivity (Wildman–Crippen MR) is 147 cm³/mol. The summed E-state index contributed by atoms with van der Waals surface area (Å²) in [5, 5.41) is 14.1. The van der Waals surface area contributed by atoms with E-state index in [4.69, 9.17) is 21.2 Å². The van der Waals surface area contributed by atoms with Crippen molar-refractivity contribution in [2.75, 3.05) is 32.2 Å². The minimum absolute atomic E-state index is 0.00921. The van der Waals surface area contributed by atoms with Crippen LogP contribution in [0.25, 0.3) is 33.4 Å². The number of thiocarbonyl (C=S) groups is 1. The van der Waals surface area contributed by atoms with E-state index in [0.717, 1.165) is 6.66 Å². The van der Waals surface area contributed by atoms with Gasteiger partial charge in [-0.15, -0.1) is 0 Å². The van der Waals surface area contributed by atoms with E-state index in [0.29, 0.717) is 49.8 Å². The van der Waals surface area contributed by atoms with E-state index >= 15 is 0 Å². The second-order valence-corrected chi connectivity index (χ2v) is 10.9. The lowest BCUT2D eigenvalue weighted by molar-refractivity contribution is 0.101. The van der Waals surface area contributed by atoms with E-state index in [9.17, 15) is 24.2 Å². The molecule has 0 fully saturated rings. The van der Waals surface area contributed by atoms with E-state index in [1.165, 1.54) is 31.2 Å². The lowest BCUT2D eigenvalue weighted by atomic mass is 9.89. The molecule has 1 atom stereocenters. The van der Waals surface area contributed by atoms with Crippen LogP contribution in [0.5, 0.6) is 5.75 Å². The van der Waals surface area contributed by atoms with Gasteiger partial charge in [0.1, 0.15) is 17.1 Å². The maximum Gasteiger partial charge on any atom is 0.325 e. The van der Waals surface area contributed by atoms with Gasteiger partial charge in [0.2, 0.25) is 0 Å². The summed E-state index contributed by atoms with van der Waals surface area (Å²) in [6.45, 7) is 2.87. The number of hydrogen-bond donors (Lipinski definition) is 3. The molecule has 1 unspecified atom stereocenters. The Labute approximate surface area is 218 Å². The maximum absolute atomic E-state index is 12.8. The van der Waals surface area contributed by atoms with Crippen LogP contribution in [0.3, 0.4) is 0 Å². The molecule has 2 aromatic carbocycles. The number of likely N-dealkylation sites (N-methyl/N-ethyl adjacent to an activating group) is 1. The van der Waals surface area contributed by atoms with Crippen molar-refractivity contribution in [1.29, 1.82) is 0 Å². The van der Waals surface area contributed by atoms with Gasteiger partial charge in [-0.3, -0.25) is 14.2 Å². The fourth-order valence-corrected chi connectivity index (χ4v) is 4.58. The van der Waals surface area contributed by atoms with Gasteiger partial charge >= 0.3 is 7.60 Å². The molecule has 0 aromatic heterocycles. The Balaban J connectivity index is 1.74. The molecule has 0 spiro atoms. The van der Waals surface area contributed by atoms with Crippen molar-refractivity contribution in [3.8, 4) is 28.2 Å². The van der Waals surface area contributed by atoms with Crippen LogP contribution in [0.2, 0.25) is 0 Å². The Morgan fingerprint density at radius 3 is 2.57 bits per heavy atom. The molecule has 37 heavy (non-hydrogen) atoms. The molecule has 2 aliphatic rings. The lowest BCUT2D eigenvalue weighted by Gasteiger charge is -2.22. The summed E-state index contributed by atoms with van der Waals surface area (Å²) >= 11 is 5.43. The first-order valence-corrected chi connectivity index (χ1v) is 13.7. The smallest absolute Gasteiger partial charge is 0.325 e. The largest absolute Gasteiger partial charge is 0.508 e. The van der Waals surface area contributed by atoms with Gasteiger partial charge in [-0.2, -0.15) is 0 Å². The molecule has 4 rings (SSSR count). The summed E-state index contributed by atoms with van der Waals surface area (Å²) in [6, 6.07) is 14.4. The van der Waals surface area contributed by atoms with Crippen LogP contribution >= 0.6 is 19.8 Å². The van der Waals surface area contributed by atoms with Crippen LogP contribution < -0.4 is 10.7 Å². The van der Waals surface area contributed by atoms with Crippen molar-refractivity contribution in [3.05, 3.63) is 70.4 Å². The highest BCUT2D eigenvalue weighted by atomic mass is 32.1. The molecule has 192 valence electrons. The summed E-state index contributed by atoms with van der Waals surface area (Å²) in [7, 11) is -1.87. The Bertz CT molecular complexity index is 1590. The molecule has 1 aliphatic carbocycles. The number of carbonyl (C=O) groups is 1. The second kappa shape index (κ2) is 10.4. The molecular weight excluding hydrogens is 515 g/mol. The first kappa shape index (κ1) is 26.5. The average Bonchev–Trinajstić information content (AvgIpc) is 2.81. The quantitative estimate of drug-likeness (QED) is 0.128. The highest BCUT2D eigenvalue weighted by Crippen LogP contribution is 2.42. The Morgan fingerprint density at radius 1 is 1.14 bits per heavy atom. The fraction of sp³-hybridized carbons (Fsp3) is 0.192. The van der Waals surface area contributed by atoms with Crippen molar-refractivity contribution < 1.29 is 28.3 Å². The number of nitrogens with zero attached hydrogens (tertiary/aromatic N) is 1. The van der Waals surface area contributed by atoms with E-state index in [-0.39, 0.29) is 30.1 Å². The van der Waals surface area contributed by atoms with E-state index < -0.39 is 7.60 Å². The van der Waals surface area contributed by atoms with Crippen LogP contribution in [0.1, 0.15) is 17.3 Å². The summed E-state index contributed by atoms with van der Waals surface area (Å²) in [6.07, 6.45) is 0. The van der Waals surface area contributed by atoms with Crippen molar-refractivity contribution >= 4 is 47.4 Å². The molecule has 0 amide bonds. The topological polar surface area (TPSA) is 129 Å². The molecule has 11 heteroatoms. The van der Waals surface area contributed by atoms with Crippen molar-refractivity contribution in [2.24, 2.45) is 0 Å².